The molecule has 0 amide bonds. The molecule has 0 unspecified atom stereocenters. The number of nitrogens with two attached hydrogens (primary N) is 1. The van der Waals surface area contributed by atoms with Crippen molar-refractivity contribution in [1.29, 1.82) is 0 Å². The van der Waals surface area contributed by atoms with E-state index in [1.165, 1.54) is 4.88 Å². The van der Waals surface area contributed by atoms with Gasteiger partial charge in [-0.2, -0.15) is 0 Å². The molecule has 0 saturated heterocycles. The standard InChI is InChI=1S/C7H9N3S/c8-10-7-9-5-3-1-2-4-6(5)11-7/h1,3H,2,4,8H2,(H,9,10). The Kier molecular flexibility index (Phi) is 1.63. The second kappa shape index (κ2) is 2.64. The van der Waals surface area contributed by atoms with Crippen LogP contribution in [0.15, 0.2) is 6.08 Å². The average Bonchev–Trinajstić information content (AvgIpc) is 2.46. The molecule has 1 heterocycles. The number of aryl methyl sites for hydroxylation is 1. The van der Waals surface area contributed by atoms with Crippen LogP contribution < -0.4 is 11.3 Å². The maximum absolute atomic E-state index is 5.24. The molecule has 3 nitrogen and oxygen atoms in total. The smallest absolute Gasteiger partial charge is 0.197 e. The van der Waals surface area contributed by atoms with Crippen molar-refractivity contribution >= 4 is 22.5 Å². The summed E-state index contributed by atoms with van der Waals surface area (Å²) in [6.45, 7) is 0. The predicted molar refractivity (Wildman–Crippen MR) is 47.3 cm³/mol. The van der Waals surface area contributed by atoms with Crippen LogP contribution in [-0.4, -0.2) is 4.98 Å². The number of nitrogens with zero attached hydrogens (tertiary/aromatic N) is 1. The monoisotopic (exact) mass is 167 g/mol. The van der Waals surface area contributed by atoms with Crippen LogP contribution in [0.25, 0.3) is 6.08 Å². The Morgan fingerprint density at radius 1 is 1.64 bits per heavy atom. The number of nitrogens with one attached hydrogen (secondary N) is 1. The number of hydrazine groups is 1. The van der Waals surface area contributed by atoms with Gasteiger partial charge < -0.3 is 0 Å². The minimum atomic E-state index is 0.807. The molecule has 3 N–H and O–H groups in total. The molecular weight excluding hydrogens is 158 g/mol. The maximum atomic E-state index is 5.24. The minimum Gasteiger partial charge on any atom is -0.300 e. The molecular formula is C7H9N3S. The average molecular weight is 167 g/mol. The van der Waals surface area contributed by atoms with Gasteiger partial charge in [-0.1, -0.05) is 6.08 Å². The molecule has 0 bridgehead atoms. The summed E-state index contributed by atoms with van der Waals surface area (Å²) in [6, 6.07) is 0. The van der Waals surface area contributed by atoms with E-state index >= 15 is 0 Å². The normalized spacial score (nSPS) is 14.6. The number of hydrogen-bond donors (Lipinski definition) is 2. The zero-order chi connectivity index (χ0) is 7.68. The van der Waals surface area contributed by atoms with E-state index in [2.05, 4.69) is 22.6 Å². The maximum Gasteiger partial charge on any atom is 0.197 e. The number of hydrogen-bond acceptors (Lipinski definition) is 4. The number of nitrogen functional groups attached to an aromatic ring is 1. The molecule has 0 aromatic carbocycles. The summed E-state index contributed by atoms with van der Waals surface area (Å²) in [4.78, 5) is 5.60. The van der Waals surface area contributed by atoms with Crippen molar-refractivity contribution in [2.45, 2.75) is 12.8 Å². The van der Waals surface area contributed by atoms with E-state index in [0.717, 1.165) is 23.7 Å². The molecule has 0 spiro atoms. The molecule has 1 aliphatic carbocycles. The highest BCUT2D eigenvalue weighted by atomic mass is 32.1. The third kappa shape index (κ3) is 1.15. The number of allylic oxidation sites excluding steroid dienone is 1. The number of anilines is 1. The fourth-order valence-electron chi connectivity index (χ4n) is 1.14. The number of aromatic nitrogens is 1. The molecule has 0 aliphatic heterocycles. The Bertz CT molecular complexity index is 290. The van der Waals surface area contributed by atoms with Gasteiger partial charge in [0.25, 0.3) is 0 Å². The van der Waals surface area contributed by atoms with E-state index in [9.17, 15) is 0 Å². The summed E-state index contributed by atoms with van der Waals surface area (Å²) in [6.07, 6.45) is 6.42. The zero-order valence-corrected chi connectivity index (χ0v) is 6.82. The number of rotatable bonds is 1. The van der Waals surface area contributed by atoms with E-state index < -0.39 is 0 Å². The van der Waals surface area contributed by atoms with Crippen molar-refractivity contribution in [2.75, 3.05) is 5.43 Å². The lowest BCUT2D eigenvalue weighted by Gasteiger charge is -1.99. The van der Waals surface area contributed by atoms with Gasteiger partial charge >= 0.3 is 0 Å². The molecule has 1 aromatic rings. The molecule has 1 aromatic heterocycles. The molecule has 11 heavy (non-hydrogen) atoms. The largest absolute Gasteiger partial charge is 0.300 e. The predicted octanol–water partition coefficient (Wildman–Crippen LogP) is 1.39. The molecule has 2 rings (SSSR count). The van der Waals surface area contributed by atoms with Gasteiger partial charge in [-0.25, -0.2) is 10.8 Å². The van der Waals surface area contributed by atoms with E-state index in [0.29, 0.717) is 0 Å². The molecule has 1 aliphatic rings. The van der Waals surface area contributed by atoms with Gasteiger partial charge in [0.15, 0.2) is 5.13 Å². The Morgan fingerprint density at radius 3 is 3.27 bits per heavy atom. The van der Waals surface area contributed by atoms with Gasteiger partial charge in [0, 0.05) is 4.88 Å². The van der Waals surface area contributed by atoms with Crippen LogP contribution in [0.2, 0.25) is 0 Å². The molecule has 0 radical (unpaired) electrons. The summed E-state index contributed by atoms with van der Waals surface area (Å²) in [5, 5.41) is 0.807. The van der Waals surface area contributed by atoms with E-state index in [1.54, 1.807) is 11.3 Å². The summed E-state index contributed by atoms with van der Waals surface area (Å²) >= 11 is 1.64. The highest BCUT2D eigenvalue weighted by Gasteiger charge is 2.09. The quantitative estimate of drug-likeness (QED) is 0.491. The zero-order valence-electron chi connectivity index (χ0n) is 6.00. The molecule has 0 atom stereocenters. The summed E-state index contributed by atoms with van der Waals surface area (Å²) in [7, 11) is 0. The fourth-order valence-corrected chi connectivity index (χ4v) is 2.02. The lowest BCUT2D eigenvalue weighted by molar-refractivity contribution is 1.00. The van der Waals surface area contributed by atoms with E-state index in [-0.39, 0.29) is 0 Å². The van der Waals surface area contributed by atoms with Crippen LogP contribution in [-0.2, 0) is 6.42 Å². The fraction of sp³-hybridized carbons (Fsp3) is 0.286. The highest BCUT2D eigenvalue weighted by molar-refractivity contribution is 7.15. The lowest BCUT2D eigenvalue weighted by Crippen LogP contribution is -2.05. The van der Waals surface area contributed by atoms with Crippen LogP contribution in [0.3, 0.4) is 0 Å². The van der Waals surface area contributed by atoms with E-state index in [1.807, 2.05) is 0 Å². The molecule has 4 heteroatoms. The van der Waals surface area contributed by atoms with Crippen LogP contribution in [0.5, 0.6) is 0 Å². The first-order valence-electron chi connectivity index (χ1n) is 3.53. The van der Waals surface area contributed by atoms with E-state index in [4.69, 9.17) is 5.84 Å². The van der Waals surface area contributed by atoms with Crippen molar-refractivity contribution in [1.82, 2.24) is 4.98 Å². The van der Waals surface area contributed by atoms with Gasteiger partial charge in [0.2, 0.25) is 0 Å². The van der Waals surface area contributed by atoms with Crippen molar-refractivity contribution in [2.24, 2.45) is 5.84 Å². The SMILES string of the molecule is NNc1nc2c(s1)CCC=C2. The Hall–Kier alpha value is -0.870. The van der Waals surface area contributed by atoms with Crippen molar-refractivity contribution in [3.63, 3.8) is 0 Å². The topological polar surface area (TPSA) is 50.9 Å². The Labute approximate surface area is 68.9 Å². The van der Waals surface area contributed by atoms with Crippen molar-refractivity contribution in [3.8, 4) is 0 Å². The highest BCUT2D eigenvalue weighted by Crippen LogP contribution is 2.27. The summed E-state index contributed by atoms with van der Waals surface area (Å²) < 4.78 is 0. The lowest BCUT2D eigenvalue weighted by atomic mass is 10.1. The van der Waals surface area contributed by atoms with Gasteiger partial charge in [0.05, 0.1) is 5.69 Å². The van der Waals surface area contributed by atoms with Crippen molar-refractivity contribution in [3.05, 3.63) is 16.6 Å². The molecule has 58 valence electrons. The summed E-state index contributed by atoms with van der Waals surface area (Å²) in [5.41, 5.74) is 3.64. The van der Waals surface area contributed by atoms with Crippen LogP contribution in [0.1, 0.15) is 17.0 Å². The van der Waals surface area contributed by atoms with Crippen molar-refractivity contribution < 1.29 is 0 Å². The first kappa shape index (κ1) is 6.82. The third-order valence-corrected chi connectivity index (χ3v) is 2.73. The second-order valence-electron chi connectivity index (χ2n) is 2.41. The summed E-state index contributed by atoms with van der Waals surface area (Å²) in [5.74, 6) is 5.24. The van der Waals surface area contributed by atoms with Crippen LogP contribution in [0, 0.1) is 0 Å². The van der Waals surface area contributed by atoms with Crippen LogP contribution >= 0.6 is 11.3 Å². The molecule has 0 fully saturated rings. The van der Waals surface area contributed by atoms with Gasteiger partial charge in [-0.15, -0.1) is 11.3 Å². The van der Waals surface area contributed by atoms with Gasteiger partial charge in [0.1, 0.15) is 0 Å². The first-order valence-corrected chi connectivity index (χ1v) is 4.34. The van der Waals surface area contributed by atoms with Crippen LogP contribution in [0.4, 0.5) is 5.13 Å². The first-order chi connectivity index (χ1) is 5.40. The number of fused-ring (bicyclic) bond motifs is 1. The number of thiazole rings is 1. The van der Waals surface area contributed by atoms with Gasteiger partial charge in [-0.05, 0) is 18.9 Å². The molecule has 0 saturated carbocycles. The Morgan fingerprint density at radius 2 is 2.55 bits per heavy atom. The second-order valence-corrected chi connectivity index (χ2v) is 3.50. The van der Waals surface area contributed by atoms with Gasteiger partial charge in [-0.3, -0.25) is 5.43 Å². The Balaban J connectivity index is 2.42. The third-order valence-electron chi connectivity index (χ3n) is 1.66. The minimum absolute atomic E-state index is 0.807.